The maximum Gasteiger partial charge on any atom is 0.257 e. The lowest BCUT2D eigenvalue weighted by Crippen LogP contribution is -2.56. The Labute approximate surface area is 144 Å². The Morgan fingerprint density at radius 1 is 1.08 bits per heavy atom. The molecule has 0 aromatic carbocycles. The minimum absolute atomic E-state index is 0.0676. The molecule has 0 aliphatic carbocycles. The Bertz CT molecular complexity index is 679. The summed E-state index contributed by atoms with van der Waals surface area (Å²) >= 11 is 1.69. The van der Waals surface area contributed by atoms with Crippen LogP contribution in [0.1, 0.15) is 17.7 Å². The quantitative estimate of drug-likeness (QED) is 0.850. The molecular formula is C17H20F2N4S. The van der Waals surface area contributed by atoms with Crippen molar-refractivity contribution in [2.45, 2.75) is 25.3 Å². The van der Waals surface area contributed by atoms with Crippen LogP contribution in [0.2, 0.25) is 0 Å². The van der Waals surface area contributed by atoms with Crippen LogP contribution in [0.5, 0.6) is 0 Å². The van der Waals surface area contributed by atoms with E-state index in [1.54, 1.807) is 29.8 Å². The lowest BCUT2D eigenvalue weighted by atomic mass is 9.75. The summed E-state index contributed by atoms with van der Waals surface area (Å²) in [5.74, 6) is -2.08. The molecule has 4 nitrogen and oxygen atoms in total. The first-order valence-electron chi connectivity index (χ1n) is 8.23. The van der Waals surface area contributed by atoms with Gasteiger partial charge >= 0.3 is 0 Å². The number of aromatic nitrogens is 2. The van der Waals surface area contributed by atoms with E-state index in [0.717, 1.165) is 6.54 Å². The van der Waals surface area contributed by atoms with Gasteiger partial charge < -0.3 is 4.90 Å². The Hall–Kier alpha value is -1.60. The number of likely N-dealkylation sites (tertiary alicyclic amines) is 1. The van der Waals surface area contributed by atoms with Crippen molar-refractivity contribution in [2.75, 3.05) is 31.1 Å². The number of alkyl halides is 2. The van der Waals surface area contributed by atoms with E-state index in [0.29, 0.717) is 38.5 Å². The smallest absolute Gasteiger partial charge is 0.257 e. The minimum atomic E-state index is -2.64. The highest BCUT2D eigenvalue weighted by Gasteiger charge is 2.59. The fourth-order valence-corrected chi connectivity index (χ4v) is 4.62. The topological polar surface area (TPSA) is 32.3 Å². The maximum atomic E-state index is 14.8. The number of rotatable bonds is 3. The van der Waals surface area contributed by atoms with Crippen LogP contribution in [0, 0.1) is 5.41 Å². The molecule has 2 aromatic heterocycles. The zero-order valence-electron chi connectivity index (χ0n) is 13.4. The molecule has 4 rings (SSSR count). The predicted molar refractivity (Wildman–Crippen MR) is 90.5 cm³/mol. The second-order valence-corrected chi connectivity index (χ2v) is 7.78. The molecule has 1 spiro atoms. The summed E-state index contributed by atoms with van der Waals surface area (Å²) in [6.07, 6.45) is 3.74. The van der Waals surface area contributed by atoms with Crippen LogP contribution in [0.3, 0.4) is 0 Å². The minimum Gasteiger partial charge on any atom is -0.340 e. The van der Waals surface area contributed by atoms with Crippen molar-refractivity contribution in [2.24, 2.45) is 5.41 Å². The number of hydrogen-bond donors (Lipinski definition) is 0. The molecule has 4 heterocycles. The van der Waals surface area contributed by atoms with Gasteiger partial charge in [-0.3, -0.25) is 4.90 Å². The molecule has 2 saturated heterocycles. The third kappa shape index (κ3) is 2.80. The van der Waals surface area contributed by atoms with Crippen LogP contribution in [0.4, 0.5) is 14.7 Å². The lowest BCUT2D eigenvalue weighted by molar-refractivity contribution is -0.158. The molecule has 1 unspecified atom stereocenters. The Balaban J connectivity index is 1.53. The van der Waals surface area contributed by atoms with Gasteiger partial charge in [-0.25, -0.2) is 18.7 Å². The molecule has 0 bridgehead atoms. The molecule has 128 valence electrons. The summed E-state index contributed by atoms with van der Waals surface area (Å²) < 4.78 is 29.6. The van der Waals surface area contributed by atoms with Crippen LogP contribution in [-0.2, 0) is 6.54 Å². The fourth-order valence-electron chi connectivity index (χ4n) is 3.87. The van der Waals surface area contributed by atoms with Crippen molar-refractivity contribution in [1.29, 1.82) is 0 Å². The molecule has 7 heteroatoms. The SMILES string of the molecule is FC1(F)CCN(Cc2cccs2)CC12CCN(c1ncccn1)C2. The Kier molecular flexibility index (Phi) is 4.00. The summed E-state index contributed by atoms with van der Waals surface area (Å²) in [4.78, 5) is 13.8. The van der Waals surface area contributed by atoms with E-state index < -0.39 is 11.3 Å². The van der Waals surface area contributed by atoms with Crippen molar-refractivity contribution in [1.82, 2.24) is 14.9 Å². The Morgan fingerprint density at radius 3 is 2.67 bits per heavy atom. The van der Waals surface area contributed by atoms with Crippen molar-refractivity contribution in [3.8, 4) is 0 Å². The van der Waals surface area contributed by atoms with Gasteiger partial charge in [0.2, 0.25) is 5.95 Å². The van der Waals surface area contributed by atoms with Crippen LogP contribution in [0.15, 0.2) is 36.0 Å². The molecule has 2 aliphatic heterocycles. The third-order valence-electron chi connectivity index (χ3n) is 5.19. The van der Waals surface area contributed by atoms with Gasteiger partial charge in [-0.1, -0.05) is 6.07 Å². The third-order valence-corrected chi connectivity index (χ3v) is 6.05. The zero-order valence-corrected chi connectivity index (χ0v) is 14.2. The average molecular weight is 350 g/mol. The maximum absolute atomic E-state index is 14.8. The van der Waals surface area contributed by atoms with E-state index in [2.05, 4.69) is 20.9 Å². The highest BCUT2D eigenvalue weighted by Crippen LogP contribution is 2.50. The van der Waals surface area contributed by atoms with Crippen molar-refractivity contribution in [3.05, 3.63) is 40.8 Å². The van der Waals surface area contributed by atoms with Crippen molar-refractivity contribution >= 4 is 17.3 Å². The first kappa shape index (κ1) is 15.9. The van der Waals surface area contributed by atoms with E-state index in [1.807, 2.05) is 16.3 Å². The van der Waals surface area contributed by atoms with Crippen molar-refractivity contribution in [3.63, 3.8) is 0 Å². The molecular weight excluding hydrogens is 330 g/mol. The molecule has 24 heavy (non-hydrogen) atoms. The number of anilines is 1. The van der Waals surface area contributed by atoms with Gasteiger partial charge in [0.05, 0.1) is 5.41 Å². The van der Waals surface area contributed by atoms with Gasteiger partial charge in [-0.05, 0) is 23.9 Å². The normalized spacial score (nSPS) is 27.0. The summed E-state index contributed by atoms with van der Waals surface area (Å²) in [7, 11) is 0. The Morgan fingerprint density at radius 2 is 1.92 bits per heavy atom. The van der Waals surface area contributed by atoms with Gasteiger partial charge in [0.15, 0.2) is 0 Å². The predicted octanol–water partition coefficient (Wildman–Crippen LogP) is 3.28. The summed E-state index contributed by atoms with van der Waals surface area (Å²) in [5.41, 5.74) is -0.998. The number of nitrogens with zero attached hydrogens (tertiary/aromatic N) is 4. The van der Waals surface area contributed by atoms with Crippen LogP contribution in [-0.4, -0.2) is 47.0 Å². The molecule has 0 N–H and O–H groups in total. The molecule has 2 aromatic rings. The number of thiophene rings is 1. The number of piperidine rings is 1. The molecule has 0 amide bonds. The summed E-state index contributed by atoms with van der Waals surface area (Å²) in [5, 5.41) is 2.04. The second kappa shape index (κ2) is 6.04. The van der Waals surface area contributed by atoms with Crippen LogP contribution in [0.25, 0.3) is 0 Å². The summed E-state index contributed by atoms with van der Waals surface area (Å²) in [6, 6.07) is 5.83. The van der Waals surface area contributed by atoms with Crippen LogP contribution < -0.4 is 4.90 Å². The molecule has 1 atom stereocenters. The van der Waals surface area contributed by atoms with E-state index in [9.17, 15) is 8.78 Å². The average Bonchev–Trinajstić information content (AvgIpc) is 3.23. The van der Waals surface area contributed by atoms with E-state index in [1.165, 1.54) is 4.88 Å². The first-order chi connectivity index (χ1) is 11.6. The van der Waals surface area contributed by atoms with E-state index in [-0.39, 0.29) is 6.42 Å². The van der Waals surface area contributed by atoms with Gasteiger partial charge in [-0.15, -0.1) is 11.3 Å². The standard InChI is InChI=1S/C17H20F2N4S/c18-17(19)5-8-22(11-14-3-1-10-24-14)12-16(17)4-9-23(13-16)15-20-6-2-7-21-15/h1-3,6-7,10H,4-5,8-9,11-13H2. The molecule has 2 fully saturated rings. The van der Waals surface area contributed by atoms with Gasteiger partial charge in [0.1, 0.15) is 0 Å². The van der Waals surface area contributed by atoms with Gasteiger partial charge in [0, 0.05) is 56.4 Å². The second-order valence-electron chi connectivity index (χ2n) is 6.75. The van der Waals surface area contributed by atoms with E-state index >= 15 is 0 Å². The first-order valence-corrected chi connectivity index (χ1v) is 9.11. The lowest BCUT2D eigenvalue weighted by Gasteiger charge is -2.45. The van der Waals surface area contributed by atoms with Crippen LogP contribution >= 0.6 is 11.3 Å². The molecule has 2 aliphatic rings. The largest absolute Gasteiger partial charge is 0.340 e. The number of hydrogen-bond acceptors (Lipinski definition) is 5. The highest BCUT2D eigenvalue weighted by molar-refractivity contribution is 7.09. The molecule has 0 saturated carbocycles. The highest BCUT2D eigenvalue weighted by atomic mass is 32.1. The van der Waals surface area contributed by atoms with Crippen molar-refractivity contribution < 1.29 is 8.78 Å². The summed E-state index contributed by atoms with van der Waals surface area (Å²) in [6.45, 7) is 2.56. The number of halogens is 2. The van der Waals surface area contributed by atoms with Gasteiger partial charge in [0.25, 0.3) is 5.92 Å². The molecule has 0 radical (unpaired) electrons. The monoisotopic (exact) mass is 350 g/mol. The fraction of sp³-hybridized carbons (Fsp3) is 0.529. The van der Waals surface area contributed by atoms with Gasteiger partial charge in [-0.2, -0.15) is 0 Å². The zero-order chi connectivity index (χ0) is 16.6. The van der Waals surface area contributed by atoms with E-state index in [4.69, 9.17) is 0 Å².